The lowest BCUT2D eigenvalue weighted by Crippen LogP contribution is -2.16. The second-order valence-electron chi connectivity index (χ2n) is 5.05. The number of rotatable bonds is 5. The second-order valence-corrected chi connectivity index (χ2v) is 5.86. The Balaban J connectivity index is 1.82. The summed E-state index contributed by atoms with van der Waals surface area (Å²) < 4.78 is 19.8. The van der Waals surface area contributed by atoms with Gasteiger partial charge in [0.1, 0.15) is 17.3 Å². The molecule has 1 fully saturated rings. The summed E-state index contributed by atoms with van der Waals surface area (Å²) in [6, 6.07) is 10.3. The maximum absolute atomic E-state index is 14.0. The van der Waals surface area contributed by atoms with Crippen molar-refractivity contribution in [1.82, 2.24) is 5.32 Å². The molecule has 0 aliphatic heterocycles. The Bertz CT molecular complexity index is 659. The topological polar surface area (TPSA) is 21.3 Å². The van der Waals surface area contributed by atoms with Crippen LogP contribution >= 0.6 is 23.2 Å². The smallest absolute Gasteiger partial charge is 0.134 e. The molecule has 0 amide bonds. The van der Waals surface area contributed by atoms with Crippen molar-refractivity contribution in [3.8, 4) is 11.5 Å². The van der Waals surface area contributed by atoms with Gasteiger partial charge >= 0.3 is 0 Å². The van der Waals surface area contributed by atoms with Gasteiger partial charge in [0.15, 0.2) is 0 Å². The highest BCUT2D eigenvalue weighted by Crippen LogP contribution is 2.32. The Hall–Kier alpha value is -1.29. The molecule has 110 valence electrons. The quantitative estimate of drug-likeness (QED) is 0.818. The van der Waals surface area contributed by atoms with Crippen LogP contribution in [0.25, 0.3) is 0 Å². The minimum absolute atomic E-state index is 0.277. The van der Waals surface area contributed by atoms with Crippen molar-refractivity contribution in [1.29, 1.82) is 0 Å². The summed E-state index contributed by atoms with van der Waals surface area (Å²) in [6.45, 7) is 0.452. The summed E-state index contributed by atoms with van der Waals surface area (Å²) in [6.07, 6.45) is 2.30. The molecule has 0 spiro atoms. The van der Waals surface area contributed by atoms with E-state index in [9.17, 15) is 4.39 Å². The van der Waals surface area contributed by atoms with Crippen molar-refractivity contribution in [2.45, 2.75) is 25.4 Å². The van der Waals surface area contributed by atoms with E-state index in [1.54, 1.807) is 30.3 Å². The number of halogens is 3. The molecular weight excluding hydrogens is 312 g/mol. The third-order valence-corrected chi connectivity index (χ3v) is 4.08. The van der Waals surface area contributed by atoms with Crippen LogP contribution in [0.15, 0.2) is 36.4 Å². The number of benzene rings is 2. The van der Waals surface area contributed by atoms with Gasteiger partial charge < -0.3 is 10.1 Å². The van der Waals surface area contributed by atoms with Crippen molar-refractivity contribution in [3.63, 3.8) is 0 Å². The summed E-state index contributed by atoms with van der Waals surface area (Å²) >= 11 is 11.8. The SMILES string of the molecule is Fc1cccc(Oc2ccc(Cl)c(Cl)c2)c1CNC1CC1. The number of nitrogens with one attached hydrogen (secondary N) is 1. The Morgan fingerprint density at radius 2 is 1.95 bits per heavy atom. The van der Waals surface area contributed by atoms with E-state index in [4.69, 9.17) is 27.9 Å². The van der Waals surface area contributed by atoms with Gasteiger partial charge in [-0.25, -0.2) is 4.39 Å². The van der Waals surface area contributed by atoms with Crippen molar-refractivity contribution >= 4 is 23.2 Å². The van der Waals surface area contributed by atoms with Gasteiger partial charge in [0.2, 0.25) is 0 Å². The van der Waals surface area contributed by atoms with Gasteiger partial charge in [-0.05, 0) is 37.1 Å². The molecule has 0 aromatic heterocycles. The van der Waals surface area contributed by atoms with Crippen LogP contribution in [0.5, 0.6) is 11.5 Å². The standard InChI is InChI=1S/C16H14Cl2FNO/c17-13-7-6-11(8-14(13)18)21-16-3-1-2-15(19)12(16)9-20-10-4-5-10/h1-3,6-8,10,20H,4-5,9H2. The maximum atomic E-state index is 14.0. The van der Waals surface area contributed by atoms with Crippen LogP contribution in [-0.4, -0.2) is 6.04 Å². The molecule has 0 saturated heterocycles. The van der Waals surface area contributed by atoms with Crippen molar-refractivity contribution in [3.05, 3.63) is 57.8 Å². The lowest BCUT2D eigenvalue weighted by molar-refractivity contribution is 0.461. The molecule has 1 N–H and O–H groups in total. The molecule has 0 atom stereocenters. The van der Waals surface area contributed by atoms with E-state index in [0.29, 0.717) is 39.7 Å². The van der Waals surface area contributed by atoms with Gasteiger partial charge in [-0.15, -0.1) is 0 Å². The van der Waals surface area contributed by atoms with Crippen LogP contribution in [0.4, 0.5) is 4.39 Å². The zero-order valence-electron chi connectivity index (χ0n) is 11.2. The van der Waals surface area contributed by atoms with E-state index in [-0.39, 0.29) is 5.82 Å². The summed E-state index contributed by atoms with van der Waals surface area (Å²) in [5, 5.41) is 4.16. The molecule has 5 heteroatoms. The molecule has 0 unspecified atom stereocenters. The first kappa shape index (κ1) is 14.6. The zero-order chi connectivity index (χ0) is 14.8. The maximum Gasteiger partial charge on any atom is 0.134 e. The Morgan fingerprint density at radius 1 is 1.14 bits per heavy atom. The Morgan fingerprint density at radius 3 is 2.67 bits per heavy atom. The fraction of sp³-hybridized carbons (Fsp3) is 0.250. The van der Waals surface area contributed by atoms with Gasteiger partial charge in [-0.3, -0.25) is 0 Å². The van der Waals surface area contributed by atoms with Gasteiger partial charge in [0.05, 0.1) is 10.0 Å². The third kappa shape index (κ3) is 3.67. The molecule has 3 rings (SSSR count). The van der Waals surface area contributed by atoms with Crippen LogP contribution < -0.4 is 10.1 Å². The molecule has 1 saturated carbocycles. The molecule has 21 heavy (non-hydrogen) atoms. The molecule has 2 aromatic rings. The highest BCUT2D eigenvalue weighted by molar-refractivity contribution is 6.42. The van der Waals surface area contributed by atoms with Crippen LogP contribution in [0.3, 0.4) is 0 Å². The van der Waals surface area contributed by atoms with E-state index in [1.807, 2.05) is 0 Å². The summed E-state index contributed by atoms with van der Waals surface area (Å²) in [4.78, 5) is 0. The Labute approximate surface area is 132 Å². The first-order valence-electron chi connectivity index (χ1n) is 6.77. The van der Waals surface area contributed by atoms with Gasteiger partial charge in [0.25, 0.3) is 0 Å². The van der Waals surface area contributed by atoms with E-state index >= 15 is 0 Å². The molecule has 2 aromatic carbocycles. The molecule has 2 nitrogen and oxygen atoms in total. The molecule has 0 radical (unpaired) electrons. The lowest BCUT2D eigenvalue weighted by Gasteiger charge is -2.13. The molecule has 0 heterocycles. The number of hydrogen-bond acceptors (Lipinski definition) is 2. The van der Waals surface area contributed by atoms with Crippen LogP contribution in [0.1, 0.15) is 18.4 Å². The van der Waals surface area contributed by atoms with Gasteiger partial charge in [-0.2, -0.15) is 0 Å². The highest BCUT2D eigenvalue weighted by Gasteiger charge is 2.21. The number of hydrogen-bond donors (Lipinski definition) is 1. The number of ether oxygens (including phenoxy) is 1. The minimum Gasteiger partial charge on any atom is -0.457 e. The predicted octanol–water partition coefficient (Wildman–Crippen LogP) is 5.18. The summed E-state index contributed by atoms with van der Waals surface area (Å²) in [5.41, 5.74) is 0.524. The Kier molecular flexibility index (Phi) is 4.34. The van der Waals surface area contributed by atoms with E-state index in [1.165, 1.54) is 6.07 Å². The van der Waals surface area contributed by atoms with Gasteiger partial charge in [0, 0.05) is 24.2 Å². The first-order chi connectivity index (χ1) is 10.1. The fourth-order valence-corrected chi connectivity index (χ4v) is 2.30. The molecular formula is C16H14Cl2FNO. The zero-order valence-corrected chi connectivity index (χ0v) is 12.7. The van der Waals surface area contributed by atoms with Crippen LogP contribution in [-0.2, 0) is 6.54 Å². The average molecular weight is 326 g/mol. The van der Waals surface area contributed by atoms with Crippen LogP contribution in [0, 0.1) is 5.82 Å². The minimum atomic E-state index is -0.277. The summed E-state index contributed by atoms with van der Waals surface area (Å²) in [5.74, 6) is 0.741. The largest absolute Gasteiger partial charge is 0.457 e. The fourth-order valence-electron chi connectivity index (χ4n) is 2.01. The highest BCUT2D eigenvalue weighted by atomic mass is 35.5. The van der Waals surface area contributed by atoms with Crippen molar-refractivity contribution in [2.75, 3.05) is 0 Å². The lowest BCUT2D eigenvalue weighted by atomic mass is 10.2. The van der Waals surface area contributed by atoms with E-state index in [2.05, 4.69) is 5.32 Å². The average Bonchev–Trinajstić information content (AvgIpc) is 3.26. The molecule has 1 aliphatic carbocycles. The van der Waals surface area contributed by atoms with Gasteiger partial charge in [-0.1, -0.05) is 29.3 Å². The van der Waals surface area contributed by atoms with E-state index < -0.39 is 0 Å². The second kappa shape index (κ2) is 6.22. The monoisotopic (exact) mass is 325 g/mol. The van der Waals surface area contributed by atoms with E-state index in [0.717, 1.165) is 12.8 Å². The third-order valence-electron chi connectivity index (χ3n) is 3.34. The molecule has 0 bridgehead atoms. The van der Waals surface area contributed by atoms with Crippen molar-refractivity contribution < 1.29 is 9.13 Å². The predicted molar refractivity (Wildman–Crippen MR) is 82.8 cm³/mol. The molecule has 1 aliphatic rings. The van der Waals surface area contributed by atoms with Crippen molar-refractivity contribution in [2.24, 2.45) is 0 Å². The first-order valence-corrected chi connectivity index (χ1v) is 7.53. The summed E-state index contributed by atoms with van der Waals surface area (Å²) in [7, 11) is 0. The normalized spacial score (nSPS) is 14.2. The van der Waals surface area contributed by atoms with Crippen LogP contribution in [0.2, 0.25) is 10.0 Å².